The van der Waals surface area contributed by atoms with E-state index in [0.717, 1.165) is 22.4 Å². The quantitative estimate of drug-likeness (QED) is 0.379. The lowest BCUT2D eigenvalue weighted by molar-refractivity contribution is 0.0320. The molecule has 4 aromatic rings. The van der Waals surface area contributed by atoms with Crippen molar-refractivity contribution in [1.29, 1.82) is 0 Å². The molecule has 4 heterocycles. The van der Waals surface area contributed by atoms with Gasteiger partial charge in [0.2, 0.25) is 0 Å². The average Bonchev–Trinajstić information content (AvgIpc) is 3.53. The summed E-state index contributed by atoms with van der Waals surface area (Å²) in [6, 6.07) is 17.8. The van der Waals surface area contributed by atoms with Crippen LogP contribution in [0.5, 0.6) is 11.5 Å². The van der Waals surface area contributed by atoms with Crippen LogP contribution in [0.3, 0.4) is 0 Å². The smallest absolute Gasteiger partial charge is 0.127 e. The molecule has 6 heteroatoms. The zero-order valence-electron chi connectivity index (χ0n) is 18.9. The summed E-state index contributed by atoms with van der Waals surface area (Å²) in [6.07, 6.45) is 6.24. The highest BCUT2D eigenvalue weighted by molar-refractivity contribution is 7.19. The second-order valence-electron chi connectivity index (χ2n) is 9.46. The second kappa shape index (κ2) is 8.67. The van der Waals surface area contributed by atoms with Crippen LogP contribution in [0.2, 0.25) is 0 Å². The van der Waals surface area contributed by atoms with E-state index < -0.39 is 6.10 Å². The maximum atomic E-state index is 10.8. The van der Waals surface area contributed by atoms with Gasteiger partial charge in [0.1, 0.15) is 24.2 Å². The number of ether oxygens (including phenoxy) is 2. The van der Waals surface area contributed by atoms with Crippen LogP contribution in [0.1, 0.15) is 36.5 Å². The topological polar surface area (TPSA) is 57.7 Å². The SMILES string of the molecule is COc1cccc2sc(C3C[C@H]4CC[C@@H](C3)N4C[C@H](O)COc3ccc4[nH]ccc4c3)cc12. The van der Waals surface area contributed by atoms with Gasteiger partial charge in [-0.15, -0.1) is 11.3 Å². The van der Waals surface area contributed by atoms with Gasteiger partial charge in [-0.05, 0) is 74.1 Å². The molecule has 172 valence electrons. The number of aromatic amines is 1. The standard InChI is InChI=1S/C27H30N2O3S/c1-31-25-3-2-4-26-23(25)14-27(33-26)18-11-19-5-6-20(12-18)29(19)15-21(30)16-32-22-7-8-24-17(13-22)9-10-28-24/h2-4,7-10,13-14,18-21,28,30H,5-6,11-12,15-16H2,1H3/t18?,19-,20+,21-/m0/s1. The molecule has 2 aliphatic rings. The molecule has 33 heavy (non-hydrogen) atoms. The first-order chi connectivity index (χ1) is 16.2. The summed E-state index contributed by atoms with van der Waals surface area (Å²) in [5.41, 5.74) is 1.10. The van der Waals surface area contributed by atoms with E-state index in [-0.39, 0.29) is 0 Å². The Kier molecular flexibility index (Phi) is 5.52. The van der Waals surface area contributed by atoms with E-state index in [1.54, 1.807) is 7.11 Å². The third kappa shape index (κ3) is 4.01. The fraction of sp³-hybridized carbons (Fsp3) is 0.407. The van der Waals surface area contributed by atoms with Gasteiger partial charge >= 0.3 is 0 Å². The second-order valence-corrected chi connectivity index (χ2v) is 10.6. The molecule has 2 saturated heterocycles. The zero-order valence-corrected chi connectivity index (χ0v) is 19.7. The summed E-state index contributed by atoms with van der Waals surface area (Å²) in [6.45, 7) is 1.01. The number of hydrogen-bond donors (Lipinski definition) is 2. The Morgan fingerprint density at radius 3 is 2.79 bits per heavy atom. The minimum atomic E-state index is -0.486. The molecule has 5 nitrogen and oxygen atoms in total. The third-order valence-corrected chi connectivity index (χ3v) is 8.70. The minimum Gasteiger partial charge on any atom is -0.496 e. The number of nitrogens with zero attached hydrogens (tertiary/aromatic N) is 1. The van der Waals surface area contributed by atoms with Gasteiger partial charge in [0.25, 0.3) is 0 Å². The van der Waals surface area contributed by atoms with Crippen molar-refractivity contribution in [3.63, 3.8) is 0 Å². The number of aliphatic hydroxyl groups excluding tert-OH is 1. The number of thiophene rings is 1. The van der Waals surface area contributed by atoms with Crippen molar-refractivity contribution < 1.29 is 14.6 Å². The summed E-state index contributed by atoms with van der Waals surface area (Å²) in [5.74, 6) is 2.37. The summed E-state index contributed by atoms with van der Waals surface area (Å²) in [4.78, 5) is 7.22. The van der Waals surface area contributed by atoms with E-state index in [4.69, 9.17) is 9.47 Å². The summed E-state index contributed by atoms with van der Waals surface area (Å²) < 4.78 is 12.8. The minimum absolute atomic E-state index is 0.325. The number of piperidine rings is 1. The van der Waals surface area contributed by atoms with Crippen LogP contribution in [-0.4, -0.2) is 53.4 Å². The molecular formula is C27H30N2O3S. The number of fused-ring (bicyclic) bond motifs is 4. The molecule has 2 aliphatic heterocycles. The van der Waals surface area contributed by atoms with Gasteiger partial charge in [-0.25, -0.2) is 0 Å². The summed E-state index contributed by atoms with van der Waals surface area (Å²) in [5, 5.41) is 13.1. The molecule has 6 rings (SSSR count). The van der Waals surface area contributed by atoms with Gasteiger partial charge in [0, 0.05) is 50.7 Å². The maximum absolute atomic E-state index is 10.8. The Labute approximate surface area is 197 Å². The van der Waals surface area contributed by atoms with Gasteiger partial charge in [0.05, 0.1) is 7.11 Å². The number of rotatable bonds is 7. The van der Waals surface area contributed by atoms with Crippen molar-refractivity contribution in [1.82, 2.24) is 9.88 Å². The maximum Gasteiger partial charge on any atom is 0.127 e. The van der Waals surface area contributed by atoms with Crippen molar-refractivity contribution in [3.8, 4) is 11.5 Å². The Balaban J connectivity index is 1.09. The van der Waals surface area contributed by atoms with E-state index in [1.807, 2.05) is 47.9 Å². The van der Waals surface area contributed by atoms with Crippen LogP contribution in [0.15, 0.2) is 54.7 Å². The lowest BCUT2D eigenvalue weighted by atomic mass is 9.89. The number of hydrogen-bond acceptors (Lipinski definition) is 5. The molecule has 0 aliphatic carbocycles. The number of benzene rings is 2. The molecule has 0 saturated carbocycles. The molecule has 4 atom stereocenters. The fourth-order valence-electron chi connectivity index (χ4n) is 5.85. The number of aliphatic hydroxyl groups is 1. The van der Waals surface area contributed by atoms with Crippen LogP contribution >= 0.6 is 11.3 Å². The van der Waals surface area contributed by atoms with E-state index in [2.05, 4.69) is 28.1 Å². The zero-order chi connectivity index (χ0) is 22.4. The van der Waals surface area contributed by atoms with Crippen LogP contribution in [0, 0.1) is 0 Å². The van der Waals surface area contributed by atoms with Crippen LogP contribution in [-0.2, 0) is 0 Å². The Bertz CT molecular complexity index is 1250. The molecule has 2 bridgehead atoms. The van der Waals surface area contributed by atoms with Gasteiger partial charge in [-0.1, -0.05) is 6.07 Å². The fourth-order valence-corrected chi connectivity index (χ4v) is 7.05. The summed E-state index contributed by atoms with van der Waals surface area (Å²) >= 11 is 1.92. The van der Waals surface area contributed by atoms with E-state index in [9.17, 15) is 5.11 Å². The molecule has 0 amide bonds. The highest BCUT2D eigenvalue weighted by Crippen LogP contribution is 2.46. The van der Waals surface area contributed by atoms with Crippen LogP contribution in [0.4, 0.5) is 0 Å². The van der Waals surface area contributed by atoms with Crippen molar-refractivity contribution in [2.45, 2.75) is 49.8 Å². The van der Waals surface area contributed by atoms with Gasteiger partial charge in [0.15, 0.2) is 0 Å². The van der Waals surface area contributed by atoms with Gasteiger partial charge in [-0.2, -0.15) is 0 Å². The van der Waals surface area contributed by atoms with Crippen molar-refractivity contribution in [2.75, 3.05) is 20.3 Å². The van der Waals surface area contributed by atoms with Gasteiger partial charge < -0.3 is 19.6 Å². The Morgan fingerprint density at radius 2 is 1.97 bits per heavy atom. The van der Waals surface area contributed by atoms with E-state index in [1.165, 1.54) is 40.6 Å². The monoisotopic (exact) mass is 462 g/mol. The number of nitrogens with one attached hydrogen (secondary N) is 1. The Morgan fingerprint density at radius 1 is 1.12 bits per heavy atom. The average molecular weight is 463 g/mol. The van der Waals surface area contributed by atoms with Crippen molar-refractivity contribution >= 4 is 32.3 Å². The molecule has 1 unspecified atom stereocenters. The number of H-pyrrole nitrogens is 1. The molecular weight excluding hydrogens is 432 g/mol. The molecule has 2 N–H and O–H groups in total. The van der Waals surface area contributed by atoms with E-state index in [0.29, 0.717) is 31.2 Å². The van der Waals surface area contributed by atoms with Crippen molar-refractivity contribution in [2.24, 2.45) is 0 Å². The first-order valence-corrected chi connectivity index (χ1v) is 12.7. The molecule has 0 spiro atoms. The molecule has 2 fully saturated rings. The lowest BCUT2D eigenvalue weighted by Gasteiger charge is -2.39. The first kappa shape index (κ1) is 21.0. The number of aromatic nitrogens is 1. The number of methoxy groups -OCH3 is 1. The van der Waals surface area contributed by atoms with Gasteiger partial charge in [-0.3, -0.25) is 4.90 Å². The Hall–Kier alpha value is -2.54. The molecule has 2 aromatic carbocycles. The normalized spacial score (nSPS) is 23.9. The summed E-state index contributed by atoms with van der Waals surface area (Å²) in [7, 11) is 1.75. The predicted octanol–water partition coefficient (Wildman–Crippen LogP) is 5.54. The van der Waals surface area contributed by atoms with E-state index >= 15 is 0 Å². The van der Waals surface area contributed by atoms with Crippen LogP contribution < -0.4 is 9.47 Å². The van der Waals surface area contributed by atoms with Crippen molar-refractivity contribution in [3.05, 3.63) is 59.6 Å². The van der Waals surface area contributed by atoms with Crippen LogP contribution in [0.25, 0.3) is 21.0 Å². The third-order valence-electron chi connectivity index (χ3n) is 7.44. The molecule has 0 radical (unpaired) electrons. The first-order valence-electron chi connectivity index (χ1n) is 11.9. The highest BCUT2D eigenvalue weighted by Gasteiger charge is 2.42. The largest absolute Gasteiger partial charge is 0.496 e. The molecule has 2 aromatic heterocycles. The lowest BCUT2D eigenvalue weighted by Crippen LogP contribution is -2.46. The predicted molar refractivity (Wildman–Crippen MR) is 134 cm³/mol. The highest BCUT2D eigenvalue weighted by atomic mass is 32.1.